The van der Waals surface area contributed by atoms with Crippen LogP contribution in [0.3, 0.4) is 0 Å². The molecule has 0 saturated heterocycles. The average Bonchev–Trinajstić information content (AvgIpc) is 2.86. The number of hydrogen-bond acceptors (Lipinski definition) is 3. The van der Waals surface area contributed by atoms with Gasteiger partial charge < -0.3 is 14.1 Å². The maximum absolute atomic E-state index is 5.80. The highest BCUT2D eigenvalue weighted by molar-refractivity contribution is 6.48. The minimum absolute atomic E-state index is 0.616. The lowest BCUT2D eigenvalue weighted by Crippen LogP contribution is -2.10. The third-order valence-corrected chi connectivity index (χ3v) is 2.84. The summed E-state index contributed by atoms with van der Waals surface area (Å²) in [6, 6.07) is 13.5. The van der Waals surface area contributed by atoms with Crippen molar-refractivity contribution < 1.29 is 14.1 Å². The minimum atomic E-state index is 0.616. The van der Waals surface area contributed by atoms with Gasteiger partial charge in [-0.3, -0.25) is 0 Å². The fourth-order valence-electron chi connectivity index (χ4n) is 1.91. The van der Waals surface area contributed by atoms with Crippen LogP contribution in [0.25, 0.3) is 0 Å². The Kier molecular flexibility index (Phi) is 2.94. The molecule has 0 N–H and O–H groups in total. The number of fused-ring (bicyclic) bond motifs is 1. The van der Waals surface area contributed by atoms with Gasteiger partial charge in [0.1, 0.15) is 17.2 Å². The maximum atomic E-state index is 5.80. The van der Waals surface area contributed by atoms with Gasteiger partial charge in [-0.1, -0.05) is 12.1 Å². The first-order valence-electron chi connectivity index (χ1n) is 5.75. The Bertz CT molecular complexity index is 569. The summed E-state index contributed by atoms with van der Waals surface area (Å²) < 4.78 is 16.2. The summed E-state index contributed by atoms with van der Waals surface area (Å²) in [4.78, 5) is 0. The van der Waals surface area contributed by atoms with E-state index in [4.69, 9.17) is 14.1 Å². The summed E-state index contributed by atoms with van der Waals surface area (Å²) in [5, 5.41) is 0. The van der Waals surface area contributed by atoms with Gasteiger partial charge in [0.15, 0.2) is 0 Å². The summed E-state index contributed by atoms with van der Waals surface area (Å²) in [5.74, 6) is 2.35. The van der Waals surface area contributed by atoms with Gasteiger partial charge in [0.2, 0.25) is 0 Å². The molecular weight excluding hydrogens is 227 g/mol. The Morgan fingerprint density at radius 3 is 2.78 bits per heavy atom. The van der Waals surface area contributed by atoms with Gasteiger partial charge in [-0.05, 0) is 35.3 Å². The molecule has 89 valence electrons. The van der Waals surface area contributed by atoms with Crippen LogP contribution < -0.4 is 14.9 Å². The van der Waals surface area contributed by atoms with Crippen LogP contribution in [-0.2, 0) is 11.3 Å². The predicted molar refractivity (Wildman–Crippen MR) is 69.7 cm³/mol. The second-order valence-corrected chi connectivity index (χ2v) is 4.07. The molecular formula is C14H12BO3. The highest BCUT2D eigenvalue weighted by atomic mass is 16.5. The van der Waals surface area contributed by atoms with Crippen molar-refractivity contribution in [2.75, 3.05) is 7.11 Å². The van der Waals surface area contributed by atoms with E-state index in [1.54, 1.807) is 14.6 Å². The lowest BCUT2D eigenvalue weighted by Gasteiger charge is -2.08. The number of methoxy groups -OCH3 is 1. The molecule has 0 saturated carbocycles. The zero-order valence-electron chi connectivity index (χ0n) is 10.1. The number of hydrogen-bond donors (Lipinski definition) is 0. The molecule has 2 aromatic rings. The van der Waals surface area contributed by atoms with Crippen LogP contribution in [-0.4, -0.2) is 14.6 Å². The van der Waals surface area contributed by atoms with Gasteiger partial charge in [-0.15, -0.1) is 0 Å². The highest BCUT2D eigenvalue weighted by Gasteiger charge is 2.13. The van der Waals surface area contributed by atoms with Crippen LogP contribution in [0.5, 0.6) is 17.2 Å². The highest BCUT2D eigenvalue weighted by Crippen LogP contribution is 2.25. The largest absolute Gasteiger partial charge is 0.497 e. The topological polar surface area (TPSA) is 27.7 Å². The van der Waals surface area contributed by atoms with Gasteiger partial charge in [-0.2, -0.15) is 0 Å². The standard InChI is InChI=1S/C14H12BO3/c1-16-11-3-2-4-12(8-11)18-13-5-6-14-10(7-13)9-17-15-14/h2-8H,9H2,1H3. The van der Waals surface area contributed by atoms with Gasteiger partial charge in [-0.25, -0.2) is 0 Å². The van der Waals surface area contributed by atoms with Gasteiger partial charge in [0, 0.05) is 6.07 Å². The van der Waals surface area contributed by atoms with Crippen molar-refractivity contribution in [3.05, 3.63) is 48.0 Å². The molecule has 18 heavy (non-hydrogen) atoms. The van der Waals surface area contributed by atoms with E-state index < -0.39 is 0 Å². The summed E-state index contributed by atoms with van der Waals surface area (Å²) in [6.07, 6.45) is 0. The van der Waals surface area contributed by atoms with Crippen LogP contribution in [0.4, 0.5) is 0 Å². The average molecular weight is 239 g/mol. The van der Waals surface area contributed by atoms with E-state index in [2.05, 4.69) is 0 Å². The molecule has 0 aromatic heterocycles. The van der Waals surface area contributed by atoms with Crippen molar-refractivity contribution in [3.63, 3.8) is 0 Å². The zero-order valence-corrected chi connectivity index (χ0v) is 10.1. The fraction of sp³-hybridized carbons (Fsp3) is 0.143. The minimum Gasteiger partial charge on any atom is -0.497 e. The Morgan fingerprint density at radius 1 is 1.06 bits per heavy atom. The molecule has 0 atom stereocenters. The van der Waals surface area contributed by atoms with Crippen LogP contribution in [0.15, 0.2) is 42.5 Å². The lowest BCUT2D eigenvalue weighted by atomic mass is 9.87. The van der Waals surface area contributed by atoms with Crippen molar-refractivity contribution in [2.45, 2.75) is 6.61 Å². The molecule has 1 radical (unpaired) electrons. The van der Waals surface area contributed by atoms with Gasteiger partial charge in [0.05, 0.1) is 13.7 Å². The molecule has 2 aromatic carbocycles. The molecule has 0 aliphatic carbocycles. The first kappa shape index (κ1) is 11.2. The van der Waals surface area contributed by atoms with Crippen molar-refractivity contribution in [1.82, 2.24) is 0 Å². The fourth-order valence-corrected chi connectivity index (χ4v) is 1.91. The third-order valence-electron chi connectivity index (χ3n) is 2.84. The molecule has 0 fully saturated rings. The number of ether oxygens (including phenoxy) is 2. The van der Waals surface area contributed by atoms with E-state index in [0.717, 1.165) is 28.3 Å². The van der Waals surface area contributed by atoms with Gasteiger partial charge in [0.25, 0.3) is 0 Å². The SMILES string of the molecule is COc1cccc(Oc2ccc3c(c2)CO[B]3)c1. The van der Waals surface area contributed by atoms with Crippen LogP contribution in [0.1, 0.15) is 5.56 Å². The van der Waals surface area contributed by atoms with E-state index in [1.165, 1.54) is 0 Å². The van der Waals surface area contributed by atoms with Crippen LogP contribution in [0.2, 0.25) is 0 Å². The molecule has 0 bridgehead atoms. The summed E-state index contributed by atoms with van der Waals surface area (Å²) in [7, 11) is 3.41. The predicted octanol–water partition coefficient (Wildman–Crippen LogP) is 2.26. The number of rotatable bonds is 3. The Balaban J connectivity index is 1.83. The first-order chi connectivity index (χ1) is 8.85. The molecule has 1 aliphatic rings. The van der Waals surface area contributed by atoms with E-state index in [9.17, 15) is 0 Å². The van der Waals surface area contributed by atoms with Crippen molar-refractivity contribution in [3.8, 4) is 17.2 Å². The van der Waals surface area contributed by atoms with E-state index >= 15 is 0 Å². The summed E-state index contributed by atoms with van der Waals surface area (Å²) >= 11 is 0. The normalized spacial score (nSPS) is 12.7. The molecule has 0 unspecified atom stereocenters. The molecule has 0 spiro atoms. The van der Waals surface area contributed by atoms with E-state index in [-0.39, 0.29) is 0 Å². The quantitative estimate of drug-likeness (QED) is 0.769. The Hall–Kier alpha value is -1.94. The first-order valence-corrected chi connectivity index (χ1v) is 5.75. The third kappa shape index (κ3) is 2.20. The smallest absolute Gasteiger partial charge is 0.330 e. The maximum Gasteiger partial charge on any atom is 0.330 e. The molecule has 3 nitrogen and oxygen atoms in total. The number of benzene rings is 2. The Morgan fingerprint density at radius 2 is 1.89 bits per heavy atom. The van der Waals surface area contributed by atoms with Crippen LogP contribution >= 0.6 is 0 Å². The van der Waals surface area contributed by atoms with Crippen molar-refractivity contribution in [2.24, 2.45) is 0 Å². The van der Waals surface area contributed by atoms with Gasteiger partial charge >= 0.3 is 7.48 Å². The second kappa shape index (κ2) is 4.74. The van der Waals surface area contributed by atoms with Crippen molar-refractivity contribution in [1.29, 1.82) is 0 Å². The summed E-state index contributed by atoms with van der Waals surface area (Å²) in [6.45, 7) is 0.616. The molecule has 3 rings (SSSR count). The second-order valence-electron chi connectivity index (χ2n) is 4.07. The molecule has 0 amide bonds. The van der Waals surface area contributed by atoms with Crippen molar-refractivity contribution >= 4 is 12.9 Å². The lowest BCUT2D eigenvalue weighted by molar-refractivity contribution is 0.344. The van der Waals surface area contributed by atoms with E-state index in [0.29, 0.717) is 6.61 Å². The molecule has 4 heteroatoms. The molecule has 1 heterocycles. The zero-order chi connectivity index (χ0) is 12.4. The van der Waals surface area contributed by atoms with E-state index in [1.807, 2.05) is 42.5 Å². The monoisotopic (exact) mass is 239 g/mol. The van der Waals surface area contributed by atoms with Crippen LogP contribution in [0, 0.1) is 0 Å². The summed E-state index contributed by atoms with van der Waals surface area (Å²) in [5.41, 5.74) is 2.27. The Labute approximate surface area is 107 Å². The molecule has 1 aliphatic heterocycles.